The number of hydrogen-bond donors (Lipinski definition) is 1. The van der Waals surface area contributed by atoms with E-state index < -0.39 is 0 Å². The van der Waals surface area contributed by atoms with Crippen molar-refractivity contribution in [3.05, 3.63) is 36.4 Å². The molecule has 1 saturated carbocycles. The lowest BCUT2D eigenvalue weighted by atomic mass is 10.2. The van der Waals surface area contributed by atoms with Gasteiger partial charge in [0.15, 0.2) is 0 Å². The highest BCUT2D eigenvalue weighted by molar-refractivity contribution is 5.58. The van der Waals surface area contributed by atoms with Gasteiger partial charge in [-0.05, 0) is 30.5 Å². The maximum absolute atomic E-state index is 5.37. The molecule has 0 aromatic heterocycles. The second-order valence-electron chi connectivity index (χ2n) is 4.93. The minimum Gasteiger partial charge on any atom is -0.495 e. The quantitative estimate of drug-likeness (QED) is 0.748. The van der Waals surface area contributed by atoms with Crippen LogP contribution in [-0.2, 0) is 0 Å². The summed E-state index contributed by atoms with van der Waals surface area (Å²) in [5.41, 5.74) is 2.31. The van der Waals surface area contributed by atoms with Crippen LogP contribution in [0.3, 0.4) is 0 Å². The number of para-hydroxylation sites is 2. The van der Waals surface area contributed by atoms with E-state index in [0.29, 0.717) is 0 Å². The van der Waals surface area contributed by atoms with E-state index >= 15 is 0 Å². The van der Waals surface area contributed by atoms with E-state index in [1.165, 1.54) is 18.4 Å². The minimum absolute atomic E-state index is 0.735. The molecular formula is C15H22N2O. The molecule has 2 rings (SSSR count). The van der Waals surface area contributed by atoms with Crippen LogP contribution < -0.4 is 15.0 Å². The maximum atomic E-state index is 5.37. The van der Waals surface area contributed by atoms with Gasteiger partial charge in [-0.25, -0.2) is 0 Å². The summed E-state index contributed by atoms with van der Waals surface area (Å²) in [5.74, 6) is 0.906. The molecule has 1 fully saturated rings. The fourth-order valence-electron chi connectivity index (χ4n) is 2.00. The van der Waals surface area contributed by atoms with Gasteiger partial charge in [-0.2, -0.15) is 0 Å². The van der Waals surface area contributed by atoms with E-state index in [2.05, 4.69) is 29.9 Å². The van der Waals surface area contributed by atoms with Crippen LogP contribution in [0.2, 0.25) is 0 Å². The van der Waals surface area contributed by atoms with Crippen molar-refractivity contribution in [2.45, 2.75) is 18.9 Å². The van der Waals surface area contributed by atoms with Crippen molar-refractivity contribution < 1.29 is 4.74 Å². The first-order valence-corrected chi connectivity index (χ1v) is 6.45. The number of benzene rings is 1. The fraction of sp³-hybridized carbons (Fsp3) is 0.467. The third kappa shape index (κ3) is 3.50. The Bertz CT molecular complexity index is 413. The highest BCUT2D eigenvalue weighted by Gasteiger charge is 2.20. The van der Waals surface area contributed by atoms with E-state index in [1.54, 1.807) is 7.11 Å². The van der Waals surface area contributed by atoms with Crippen LogP contribution in [0.25, 0.3) is 0 Å². The van der Waals surface area contributed by atoms with Gasteiger partial charge in [0.25, 0.3) is 0 Å². The van der Waals surface area contributed by atoms with Gasteiger partial charge in [-0.3, -0.25) is 0 Å². The van der Waals surface area contributed by atoms with Crippen molar-refractivity contribution in [3.8, 4) is 5.75 Å². The van der Waals surface area contributed by atoms with Gasteiger partial charge in [-0.15, -0.1) is 0 Å². The van der Waals surface area contributed by atoms with Crippen LogP contribution in [0, 0.1) is 0 Å². The number of nitrogens with one attached hydrogen (secondary N) is 1. The lowest BCUT2D eigenvalue weighted by molar-refractivity contribution is 0.415. The molecule has 98 valence electrons. The molecule has 1 aromatic carbocycles. The van der Waals surface area contributed by atoms with Crippen molar-refractivity contribution in [1.82, 2.24) is 5.32 Å². The summed E-state index contributed by atoms with van der Waals surface area (Å²) in [7, 11) is 3.77. The number of ether oxygens (including phenoxy) is 1. The Morgan fingerprint density at radius 1 is 1.44 bits per heavy atom. The smallest absolute Gasteiger partial charge is 0.142 e. The van der Waals surface area contributed by atoms with Crippen LogP contribution in [-0.4, -0.2) is 33.3 Å². The summed E-state index contributed by atoms with van der Waals surface area (Å²) in [4.78, 5) is 2.18. The zero-order valence-corrected chi connectivity index (χ0v) is 11.3. The number of rotatable bonds is 7. The Hall–Kier alpha value is -1.48. The number of methoxy groups -OCH3 is 1. The SMILES string of the molecule is C=C(CNC1CC1)CN(C)c1ccccc1OC. The molecule has 0 saturated heterocycles. The van der Waals surface area contributed by atoms with E-state index in [4.69, 9.17) is 4.74 Å². The minimum atomic E-state index is 0.735. The van der Waals surface area contributed by atoms with Crippen LogP contribution in [0.5, 0.6) is 5.75 Å². The molecule has 1 aliphatic carbocycles. The molecular weight excluding hydrogens is 224 g/mol. The molecule has 0 spiro atoms. The molecule has 1 N–H and O–H groups in total. The molecule has 0 amide bonds. The molecule has 0 unspecified atom stereocenters. The molecule has 18 heavy (non-hydrogen) atoms. The van der Waals surface area contributed by atoms with Crippen molar-refractivity contribution in [3.63, 3.8) is 0 Å². The average Bonchev–Trinajstić information content (AvgIpc) is 3.20. The third-order valence-corrected chi connectivity index (χ3v) is 3.18. The van der Waals surface area contributed by atoms with E-state index in [9.17, 15) is 0 Å². The predicted octanol–water partition coefficient (Wildman–Crippen LogP) is 2.44. The van der Waals surface area contributed by atoms with Crippen LogP contribution in [0.1, 0.15) is 12.8 Å². The molecule has 0 bridgehead atoms. The van der Waals surface area contributed by atoms with Crippen molar-refractivity contribution in [2.75, 3.05) is 32.1 Å². The van der Waals surface area contributed by atoms with Gasteiger partial charge in [0.05, 0.1) is 12.8 Å². The second-order valence-corrected chi connectivity index (χ2v) is 4.93. The van der Waals surface area contributed by atoms with E-state index in [-0.39, 0.29) is 0 Å². The summed E-state index contributed by atoms with van der Waals surface area (Å²) in [5, 5.41) is 3.48. The highest BCUT2D eigenvalue weighted by atomic mass is 16.5. The number of hydrogen-bond acceptors (Lipinski definition) is 3. The van der Waals surface area contributed by atoms with Gasteiger partial charge in [-0.1, -0.05) is 18.7 Å². The van der Waals surface area contributed by atoms with Gasteiger partial charge in [0.1, 0.15) is 5.75 Å². The Morgan fingerprint density at radius 3 is 2.83 bits per heavy atom. The number of anilines is 1. The molecule has 1 aliphatic rings. The van der Waals surface area contributed by atoms with Gasteiger partial charge < -0.3 is 15.0 Å². The monoisotopic (exact) mass is 246 g/mol. The zero-order valence-electron chi connectivity index (χ0n) is 11.3. The van der Waals surface area contributed by atoms with Gasteiger partial charge in [0.2, 0.25) is 0 Å². The summed E-state index contributed by atoms with van der Waals surface area (Å²) in [6, 6.07) is 8.80. The first-order chi connectivity index (χ1) is 8.70. The molecule has 0 atom stereocenters. The molecule has 0 aliphatic heterocycles. The summed E-state index contributed by atoms with van der Waals surface area (Å²) in [6.45, 7) is 5.88. The molecule has 3 heteroatoms. The van der Waals surface area contributed by atoms with Crippen LogP contribution in [0.15, 0.2) is 36.4 Å². The number of likely N-dealkylation sites (N-methyl/N-ethyl adjacent to an activating group) is 1. The summed E-state index contributed by atoms with van der Waals surface area (Å²) < 4.78 is 5.37. The Kier molecular flexibility index (Phi) is 4.26. The first kappa shape index (κ1) is 13.0. The Labute approximate surface area is 109 Å². The summed E-state index contributed by atoms with van der Waals surface area (Å²) >= 11 is 0. The zero-order chi connectivity index (χ0) is 13.0. The first-order valence-electron chi connectivity index (χ1n) is 6.45. The highest BCUT2D eigenvalue weighted by Crippen LogP contribution is 2.26. The molecule has 0 radical (unpaired) electrons. The molecule has 1 aromatic rings. The largest absolute Gasteiger partial charge is 0.495 e. The van der Waals surface area contributed by atoms with Gasteiger partial charge >= 0.3 is 0 Å². The normalized spacial score (nSPS) is 14.3. The fourth-order valence-corrected chi connectivity index (χ4v) is 2.00. The topological polar surface area (TPSA) is 24.5 Å². The number of nitrogens with zero attached hydrogens (tertiary/aromatic N) is 1. The molecule has 0 heterocycles. The lowest BCUT2D eigenvalue weighted by Gasteiger charge is -2.22. The Balaban J connectivity index is 1.89. The van der Waals surface area contributed by atoms with Crippen molar-refractivity contribution in [1.29, 1.82) is 0 Å². The standard InChI is InChI=1S/C15H22N2O/c1-12(10-16-13-8-9-13)11-17(2)14-6-4-5-7-15(14)18-3/h4-7,13,16H,1,8-11H2,2-3H3. The maximum Gasteiger partial charge on any atom is 0.142 e. The Morgan fingerprint density at radius 2 is 2.17 bits per heavy atom. The predicted molar refractivity (Wildman–Crippen MR) is 76.4 cm³/mol. The van der Waals surface area contributed by atoms with Gasteiger partial charge in [0, 0.05) is 26.2 Å². The average molecular weight is 246 g/mol. The van der Waals surface area contributed by atoms with Crippen molar-refractivity contribution >= 4 is 5.69 Å². The summed E-state index contributed by atoms with van der Waals surface area (Å²) in [6.07, 6.45) is 2.63. The lowest BCUT2D eigenvalue weighted by Crippen LogP contribution is -2.27. The van der Waals surface area contributed by atoms with E-state index in [1.807, 2.05) is 18.2 Å². The second kappa shape index (κ2) is 5.91. The van der Waals surface area contributed by atoms with E-state index in [0.717, 1.165) is 30.6 Å². The van der Waals surface area contributed by atoms with Crippen LogP contribution in [0.4, 0.5) is 5.69 Å². The third-order valence-electron chi connectivity index (χ3n) is 3.18. The van der Waals surface area contributed by atoms with Crippen LogP contribution >= 0.6 is 0 Å². The molecule has 3 nitrogen and oxygen atoms in total. The van der Waals surface area contributed by atoms with Crippen molar-refractivity contribution in [2.24, 2.45) is 0 Å².